The molecule has 0 amide bonds. The van der Waals surface area contributed by atoms with Gasteiger partial charge in [-0.1, -0.05) is 12.1 Å². The summed E-state index contributed by atoms with van der Waals surface area (Å²) in [6.45, 7) is 1.04. The third kappa shape index (κ3) is 3.33. The smallest absolute Gasteiger partial charge is 0.119 e. The topological polar surface area (TPSA) is 34.1 Å². The van der Waals surface area contributed by atoms with Crippen LogP contribution in [0.5, 0.6) is 5.75 Å². The Bertz CT molecular complexity index is 549. The maximum atomic E-state index is 5.25. The molecule has 0 aliphatic heterocycles. The maximum absolute atomic E-state index is 5.25. The summed E-state index contributed by atoms with van der Waals surface area (Å²) in [4.78, 5) is 4.70. The highest BCUT2D eigenvalue weighted by molar-refractivity contribution is 7.09. The number of hydrogen-bond donors (Lipinski definition) is 1. The van der Waals surface area contributed by atoms with Gasteiger partial charge in [-0.25, -0.2) is 4.98 Å². The number of methoxy groups -OCH3 is 1. The molecule has 1 fully saturated rings. The van der Waals surface area contributed by atoms with E-state index in [0.29, 0.717) is 0 Å². The van der Waals surface area contributed by atoms with Gasteiger partial charge in [0.1, 0.15) is 5.75 Å². The molecular formula is C15H18N2OS. The zero-order valence-electron chi connectivity index (χ0n) is 11.1. The number of hydrogen-bond acceptors (Lipinski definition) is 4. The van der Waals surface area contributed by atoms with E-state index in [-0.39, 0.29) is 0 Å². The molecule has 1 aromatic carbocycles. The van der Waals surface area contributed by atoms with Gasteiger partial charge in [0.25, 0.3) is 0 Å². The van der Waals surface area contributed by atoms with Crippen LogP contribution in [0.25, 0.3) is 11.3 Å². The van der Waals surface area contributed by atoms with Crippen molar-refractivity contribution < 1.29 is 4.74 Å². The van der Waals surface area contributed by atoms with Crippen molar-refractivity contribution in [2.75, 3.05) is 13.7 Å². The Morgan fingerprint density at radius 1 is 1.42 bits per heavy atom. The van der Waals surface area contributed by atoms with Crippen LogP contribution in [0.3, 0.4) is 0 Å². The number of benzene rings is 1. The SMILES string of the molecule is COc1cccc(-c2csc(CCNC3CC3)n2)c1. The maximum Gasteiger partial charge on any atom is 0.119 e. The van der Waals surface area contributed by atoms with E-state index in [9.17, 15) is 0 Å². The van der Waals surface area contributed by atoms with Crippen molar-refractivity contribution in [1.82, 2.24) is 10.3 Å². The van der Waals surface area contributed by atoms with Crippen molar-refractivity contribution in [2.45, 2.75) is 25.3 Å². The van der Waals surface area contributed by atoms with Gasteiger partial charge in [-0.05, 0) is 25.0 Å². The Balaban J connectivity index is 1.65. The monoisotopic (exact) mass is 274 g/mol. The molecule has 1 aromatic heterocycles. The molecule has 0 radical (unpaired) electrons. The fourth-order valence-corrected chi connectivity index (χ4v) is 2.82. The first kappa shape index (κ1) is 12.6. The molecule has 0 saturated heterocycles. The van der Waals surface area contributed by atoms with E-state index < -0.39 is 0 Å². The van der Waals surface area contributed by atoms with E-state index in [2.05, 4.69) is 16.8 Å². The van der Waals surface area contributed by atoms with Gasteiger partial charge >= 0.3 is 0 Å². The highest BCUT2D eigenvalue weighted by Crippen LogP contribution is 2.25. The van der Waals surface area contributed by atoms with Gasteiger partial charge in [0.2, 0.25) is 0 Å². The molecule has 1 aliphatic rings. The minimum absolute atomic E-state index is 0.776. The van der Waals surface area contributed by atoms with E-state index in [1.54, 1.807) is 18.4 Å². The highest BCUT2D eigenvalue weighted by atomic mass is 32.1. The summed E-state index contributed by atoms with van der Waals surface area (Å²) < 4.78 is 5.25. The predicted molar refractivity (Wildman–Crippen MR) is 78.8 cm³/mol. The molecule has 0 atom stereocenters. The van der Waals surface area contributed by atoms with Crippen LogP contribution in [0.2, 0.25) is 0 Å². The Morgan fingerprint density at radius 3 is 3.11 bits per heavy atom. The van der Waals surface area contributed by atoms with Gasteiger partial charge in [-0.3, -0.25) is 0 Å². The molecule has 0 bridgehead atoms. The molecule has 1 N–H and O–H groups in total. The van der Waals surface area contributed by atoms with Crippen molar-refractivity contribution in [2.24, 2.45) is 0 Å². The Kier molecular flexibility index (Phi) is 3.80. The van der Waals surface area contributed by atoms with Crippen molar-refractivity contribution in [3.63, 3.8) is 0 Å². The van der Waals surface area contributed by atoms with Crippen LogP contribution < -0.4 is 10.1 Å². The molecule has 0 spiro atoms. The van der Waals surface area contributed by atoms with Crippen molar-refractivity contribution >= 4 is 11.3 Å². The second-order valence-corrected chi connectivity index (χ2v) is 5.78. The van der Waals surface area contributed by atoms with Crippen molar-refractivity contribution in [1.29, 1.82) is 0 Å². The van der Waals surface area contributed by atoms with Crippen LogP contribution in [-0.2, 0) is 6.42 Å². The van der Waals surface area contributed by atoms with E-state index in [0.717, 1.165) is 36.0 Å². The minimum Gasteiger partial charge on any atom is -0.497 e. The lowest BCUT2D eigenvalue weighted by Crippen LogP contribution is -2.19. The Morgan fingerprint density at radius 2 is 2.32 bits per heavy atom. The van der Waals surface area contributed by atoms with E-state index >= 15 is 0 Å². The Hall–Kier alpha value is -1.39. The first-order chi connectivity index (χ1) is 9.35. The van der Waals surface area contributed by atoms with Gasteiger partial charge in [-0.15, -0.1) is 11.3 Å². The van der Waals surface area contributed by atoms with Crippen LogP contribution in [0.15, 0.2) is 29.6 Å². The molecule has 19 heavy (non-hydrogen) atoms. The summed E-state index contributed by atoms with van der Waals surface area (Å²) in [6.07, 6.45) is 3.70. The molecule has 100 valence electrons. The van der Waals surface area contributed by atoms with Crippen LogP contribution in [-0.4, -0.2) is 24.7 Å². The molecule has 3 rings (SSSR count). The first-order valence-electron chi connectivity index (χ1n) is 6.67. The predicted octanol–water partition coefficient (Wildman–Crippen LogP) is 3.11. The number of thiazole rings is 1. The lowest BCUT2D eigenvalue weighted by atomic mass is 10.2. The number of nitrogens with one attached hydrogen (secondary N) is 1. The van der Waals surface area contributed by atoms with Crippen LogP contribution in [0, 0.1) is 0 Å². The van der Waals surface area contributed by atoms with Crippen molar-refractivity contribution in [3.8, 4) is 17.0 Å². The largest absolute Gasteiger partial charge is 0.497 e. The molecular weight excluding hydrogens is 256 g/mol. The average Bonchev–Trinajstić information content (AvgIpc) is 3.15. The van der Waals surface area contributed by atoms with Crippen molar-refractivity contribution in [3.05, 3.63) is 34.7 Å². The summed E-state index contributed by atoms with van der Waals surface area (Å²) in [7, 11) is 1.69. The minimum atomic E-state index is 0.776. The summed E-state index contributed by atoms with van der Waals surface area (Å²) in [5.74, 6) is 0.877. The standard InChI is InChI=1S/C15H18N2OS/c1-18-13-4-2-3-11(9-13)14-10-19-15(17-14)7-8-16-12-5-6-12/h2-4,9-10,12,16H,5-8H2,1H3. The summed E-state index contributed by atoms with van der Waals surface area (Å²) >= 11 is 1.74. The van der Waals surface area contributed by atoms with E-state index in [4.69, 9.17) is 9.72 Å². The molecule has 1 heterocycles. The van der Waals surface area contributed by atoms with Gasteiger partial charge < -0.3 is 10.1 Å². The third-order valence-corrected chi connectivity index (χ3v) is 4.18. The molecule has 4 heteroatoms. The summed E-state index contributed by atoms with van der Waals surface area (Å²) in [6, 6.07) is 8.83. The molecule has 1 aliphatic carbocycles. The van der Waals surface area contributed by atoms with E-state index in [1.807, 2.05) is 18.2 Å². The lowest BCUT2D eigenvalue weighted by Gasteiger charge is -2.01. The Labute approximate surface area is 117 Å². The number of aromatic nitrogens is 1. The van der Waals surface area contributed by atoms with Gasteiger partial charge in [0.15, 0.2) is 0 Å². The van der Waals surface area contributed by atoms with Crippen LogP contribution in [0.1, 0.15) is 17.8 Å². The molecule has 1 saturated carbocycles. The zero-order valence-corrected chi connectivity index (χ0v) is 11.9. The number of nitrogens with zero attached hydrogens (tertiary/aromatic N) is 1. The van der Waals surface area contributed by atoms with Gasteiger partial charge in [-0.2, -0.15) is 0 Å². The number of rotatable bonds is 6. The highest BCUT2D eigenvalue weighted by Gasteiger charge is 2.19. The first-order valence-corrected chi connectivity index (χ1v) is 7.55. The van der Waals surface area contributed by atoms with Gasteiger partial charge in [0, 0.05) is 30.0 Å². The average molecular weight is 274 g/mol. The third-order valence-electron chi connectivity index (χ3n) is 3.27. The van der Waals surface area contributed by atoms with Gasteiger partial charge in [0.05, 0.1) is 17.8 Å². The zero-order chi connectivity index (χ0) is 13.1. The molecule has 0 unspecified atom stereocenters. The normalized spacial score (nSPS) is 14.6. The summed E-state index contributed by atoms with van der Waals surface area (Å²) in [5.41, 5.74) is 2.17. The quantitative estimate of drug-likeness (QED) is 0.879. The van der Waals surface area contributed by atoms with Crippen LogP contribution >= 0.6 is 11.3 Å². The second-order valence-electron chi connectivity index (χ2n) is 4.84. The summed E-state index contributed by atoms with van der Waals surface area (Å²) in [5, 5.41) is 6.85. The lowest BCUT2D eigenvalue weighted by molar-refractivity contribution is 0.415. The molecule has 3 nitrogen and oxygen atoms in total. The fourth-order valence-electron chi connectivity index (χ4n) is 2.01. The fraction of sp³-hybridized carbons (Fsp3) is 0.400. The van der Waals surface area contributed by atoms with E-state index in [1.165, 1.54) is 17.8 Å². The second kappa shape index (κ2) is 5.72. The number of ether oxygens (including phenoxy) is 1. The molecule has 2 aromatic rings. The van der Waals surface area contributed by atoms with Crippen LogP contribution in [0.4, 0.5) is 0 Å².